The van der Waals surface area contributed by atoms with Gasteiger partial charge in [-0.1, -0.05) is 19.1 Å². The molecule has 124 valence electrons. The van der Waals surface area contributed by atoms with Crippen molar-refractivity contribution in [2.24, 2.45) is 23.7 Å². The lowest BCUT2D eigenvalue weighted by atomic mass is 9.89. The first-order chi connectivity index (χ1) is 10.6. The number of fused-ring (bicyclic) bond motifs is 1. The second kappa shape index (κ2) is 6.71. The van der Waals surface area contributed by atoms with Crippen molar-refractivity contribution in [1.82, 2.24) is 0 Å². The summed E-state index contributed by atoms with van der Waals surface area (Å²) in [5.41, 5.74) is 0. The molecule has 4 nitrogen and oxygen atoms in total. The smallest absolute Gasteiger partial charge is 0.306 e. The van der Waals surface area contributed by atoms with Crippen molar-refractivity contribution in [1.29, 1.82) is 0 Å². The van der Waals surface area contributed by atoms with Crippen LogP contribution in [0.25, 0.3) is 0 Å². The Hall–Kier alpha value is -0.870. The highest BCUT2D eigenvalue weighted by Gasteiger charge is 2.65. The first-order valence-electron chi connectivity index (χ1n) is 8.84. The molecule has 3 aliphatic rings. The van der Waals surface area contributed by atoms with Gasteiger partial charge in [0, 0.05) is 12.3 Å². The van der Waals surface area contributed by atoms with Crippen LogP contribution in [-0.2, 0) is 9.53 Å². The molecule has 0 aromatic heterocycles. The maximum atomic E-state index is 12.0. The maximum absolute atomic E-state index is 12.0. The summed E-state index contributed by atoms with van der Waals surface area (Å²) in [4.78, 5) is 12.0. The van der Waals surface area contributed by atoms with E-state index in [-0.39, 0.29) is 42.0 Å². The van der Waals surface area contributed by atoms with Crippen molar-refractivity contribution in [3.05, 3.63) is 12.2 Å². The van der Waals surface area contributed by atoms with Gasteiger partial charge in [0.15, 0.2) is 0 Å². The van der Waals surface area contributed by atoms with Crippen LogP contribution in [0, 0.1) is 23.7 Å². The summed E-state index contributed by atoms with van der Waals surface area (Å²) in [5, 5.41) is 20.7. The minimum absolute atomic E-state index is 0.104. The van der Waals surface area contributed by atoms with Crippen LogP contribution in [0.2, 0.25) is 0 Å². The number of rotatable bonds is 1. The molecule has 2 fully saturated rings. The monoisotopic (exact) mass is 308 g/mol. The molecule has 22 heavy (non-hydrogen) atoms. The normalized spacial score (nSPS) is 45.8. The van der Waals surface area contributed by atoms with Crippen LogP contribution in [0.5, 0.6) is 0 Å². The Labute approximate surface area is 132 Å². The Bertz CT molecular complexity index is 433. The molecular formula is C18H28O4. The summed E-state index contributed by atoms with van der Waals surface area (Å²) in [6.07, 6.45) is 8.76. The zero-order valence-corrected chi connectivity index (χ0v) is 13.4. The Morgan fingerprint density at radius 3 is 2.68 bits per heavy atom. The number of hydrogen-bond donors (Lipinski definition) is 2. The second-order valence-electron chi connectivity index (χ2n) is 7.16. The van der Waals surface area contributed by atoms with E-state index in [1.807, 2.05) is 6.92 Å². The third-order valence-electron chi connectivity index (χ3n) is 5.80. The standard InChI is InChI=1S/C18H28O4/c1-2-14-11-10-13(20)18-16(11)17(18)12(19)8-6-4-3-5-7-9-15(21)22-14/h4,6,11-14,16-20H,2-3,5,7-10H2,1H3. The van der Waals surface area contributed by atoms with E-state index in [4.69, 9.17) is 4.74 Å². The zero-order valence-electron chi connectivity index (χ0n) is 13.4. The predicted molar refractivity (Wildman–Crippen MR) is 83.0 cm³/mol. The molecular weight excluding hydrogens is 280 g/mol. The van der Waals surface area contributed by atoms with Crippen molar-refractivity contribution < 1.29 is 19.7 Å². The van der Waals surface area contributed by atoms with E-state index in [9.17, 15) is 15.0 Å². The van der Waals surface area contributed by atoms with Crippen molar-refractivity contribution in [2.75, 3.05) is 0 Å². The fraction of sp³-hybridized carbons (Fsp3) is 0.833. The molecule has 2 saturated carbocycles. The quantitative estimate of drug-likeness (QED) is 0.577. The molecule has 0 saturated heterocycles. The van der Waals surface area contributed by atoms with Crippen molar-refractivity contribution in [3.63, 3.8) is 0 Å². The number of allylic oxidation sites excluding steroid dienone is 1. The van der Waals surface area contributed by atoms with E-state index in [1.54, 1.807) is 0 Å². The molecule has 3 rings (SSSR count). The second-order valence-corrected chi connectivity index (χ2v) is 7.16. The Balaban J connectivity index is 1.75. The molecule has 0 aromatic rings. The van der Waals surface area contributed by atoms with E-state index < -0.39 is 0 Å². The number of carbonyl (C=O) groups excluding carboxylic acids is 1. The lowest BCUT2D eigenvalue weighted by Gasteiger charge is -2.27. The summed E-state index contributed by atoms with van der Waals surface area (Å²) < 4.78 is 5.71. The molecule has 7 atom stereocenters. The van der Waals surface area contributed by atoms with Crippen molar-refractivity contribution in [3.8, 4) is 0 Å². The van der Waals surface area contributed by atoms with Crippen molar-refractivity contribution in [2.45, 2.75) is 70.2 Å². The van der Waals surface area contributed by atoms with Crippen LogP contribution in [-0.4, -0.2) is 34.5 Å². The number of carbonyl (C=O) groups is 1. The summed E-state index contributed by atoms with van der Waals surface area (Å²) in [7, 11) is 0. The van der Waals surface area contributed by atoms with Gasteiger partial charge in [-0.15, -0.1) is 0 Å². The van der Waals surface area contributed by atoms with E-state index in [0.29, 0.717) is 25.2 Å². The van der Waals surface area contributed by atoms with E-state index in [2.05, 4.69) is 12.2 Å². The fourth-order valence-electron chi connectivity index (χ4n) is 4.72. The van der Waals surface area contributed by atoms with Gasteiger partial charge in [-0.3, -0.25) is 4.79 Å². The van der Waals surface area contributed by atoms with Gasteiger partial charge < -0.3 is 14.9 Å². The minimum atomic E-state index is -0.375. The molecule has 0 bridgehead atoms. The van der Waals surface area contributed by atoms with Crippen molar-refractivity contribution >= 4 is 5.97 Å². The Kier molecular flexibility index (Phi) is 4.88. The molecule has 1 heterocycles. The van der Waals surface area contributed by atoms with E-state index in [0.717, 1.165) is 25.7 Å². The third kappa shape index (κ3) is 3.09. The van der Waals surface area contributed by atoms with Gasteiger partial charge in [0.05, 0.1) is 12.2 Å². The molecule has 4 heteroatoms. The largest absolute Gasteiger partial charge is 0.462 e. The topological polar surface area (TPSA) is 66.8 Å². The van der Waals surface area contributed by atoms with Crippen LogP contribution >= 0.6 is 0 Å². The van der Waals surface area contributed by atoms with Gasteiger partial charge in [0.2, 0.25) is 0 Å². The molecule has 0 spiro atoms. The van der Waals surface area contributed by atoms with Crippen LogP contribution in [0.15, 0.2) is 12.2 Å². The Morgan fingerprint density at radius 1 is 1.14 bits per heavy atom. The lowest BCUT2D eigenvalue weighted by Crippen LogP contribution is -2.30. The molecule has 0 aromatic carbocycles. The van der Waals surface area contributed by atoms with Gasteiger partial charge in [-0.2, -0.15) is 0 Å². The zero-order chi connectivity index (χ0) is 15.7. The maximum Gasteiger partial charge on any atom is 0.306 e. The summed E-state index contributed by atoms with van der Waals surface area (Å²) in [6, 6.07) is 0. The number of cyclic esters (lactones) is 1. The third-order valence-corrected chi connectivity index (χ3v) is 5.80. The molecule has 0 amide bonds. The van der Waals surface area contributed by atoms with E-state index in [1.165, 1.54) is 0 Å². The van der Waals surface area contributed by atoms with Gasteiger partial charge in [-0.25, -0.2) is 0 Å². The molecule has 2 N–H and O–H groups in total. The predicted octanol–water partition coefficient (Wildman–Crippen LogP) is 2.43. The fourth-order valence-corrected chi connectivity index (χ4v) is 4.72. The highest BCUT2D eigenvalue weighted by molar-refractivity contribution is 5.69. The number of aliphatic hydroxyl groups is 2. The molecule has 7 unspecified atom stereocenters. The molecule has 0 radical (unpaired) electrons. The molecule has 1 aliphatic heterocycles. The highest BCUT2D eigenvalue weighted by atomic mass is 16.5. The van der Waals surface area contributed by atoms with Crippen LogP contribution in [0.1, 0.15) is 51.9 Å². The highest BCUT2D eigenvalue weighted by Crippen LogP contribution is 2.63. The van der Waals surface area contributed by atoms with Gasteiger partial charge in [0.1, 0.15) is 6.10 Å². The average Bonchev–Trinajstić information content (AvgIpc) is 3.15. The minimum Gasteiger partial charge on any atom is -0.462 e. The van der Waals surface area contributed by atoms with E-state index >= 15 is 0 Å². The number of aliphatic hydroxyl groups excluding tert-OH is 2. The SMILES string of the molecule is CCC1OC(=O)CCCCC=CCC(O)C2C3C(O)CC1C23. The van der Waals surface area contributed by atoms with Gasteiger partial charge in [-0.05, 0) is 56.3 Å². The van der Waals surface area contributed by atoms with Gasteiger partial charge in [0.25, 0.3) is 0 Å². The summed E-state index contributed by atoms with van der Waals surface area (Å²) >= 11 is 0. The lowest BCUT2D eigenvalue weighted by molar-refractivity contribution is -0.153. The number of hydrogen-bond acceptors (Lipinski definition) is 4. The van der Waals surface area contributed by atoms with Gasteiger partial charge >= 0.3 is 5.97 Å². The van der Waals surface area contributed by atoms with Crippen LogP contribution in [0.4, 0.5) is 0 Å². The first kappa shape index (κ1) is 16.0. The average molecular weight is 308 g/mol. The number of esters is 1. The first-order valence-corrected chi connectivity index (χ1v) is 8.84. The summed E-state index contributed by atoms with van der Waals surface area (Å²) in [6.45, 7) is 2.04. The summed E-state index contributed by atoms with van der Waals surface area (Å²) in [5.74, 6) is 0.795. The number of ether oxygens (including phenoxy) is 1. The Morgan fingerprint density at radius 2 is 1.91 bits per heavy atom. The molecule has 2 aliphatic carbocycles. The van der Waals surface area contributed by atoms with Crippen LogP contribution in [0.3, 0.4) is 0 Å². The van der Waals surface area contributed by atoms with Crippen LogP contribution < -0.4 is 0 Å².